The van der Waals surface area contributed by atoms with E-state index in [-0.39, 0.29) is 11.7 Å². The quantitative estimate of drug-likeness (QED) is 0.508. The summed E-state index contributed by atoms with van der Waals surface area (Å²) in [5, 5.41) is 0. The lowest BCUT2D eigenvalue weighted by Crippen LogP contribution is -2.10. The molecule has 2 heteroatoms. The van der Waals surface area contributed by atoms with Crippen molar-refractivity contribution in [3.63, 3.8) is 0 Å². The number of furan rings is 1. The Morgan fingerprint density at radius 2 is 2.33 bits per heavy atom. The molecule has 0 bridgehead atoms. The fourth-order valence-corrected chi connectivity index (χ4v) is 0.856. The van der Waals surface area contributed by atoms with Gasteiger partial charge >= 0.3 is 0 Å². The summed E-state index contributed by atoms with van der Waals surface area (Å²) >= 11 is 0. The lowest BCUT2D eigenvalue weighted by atomic mass is 9.98. The van der Waals surface area contributed by atoms with Crippen LogP contribution in [0.15, 0.2) is 35.0 Å². The second kappa shape index (κ2) is 3.39. The Morgan fingerprint density at radius 3 is 2.75 bits per heavy atom. The maximum Gasteiger partial charge on any atom is 0.204 e. The third-order valence-electron chi connectivity index (χ3n) is 1.90. The first kappa shape index (κ1) is 8.78. The first-order chi connectivity index (χ1) is 5.63. The van der Waals surface area contributed by atoms with Crippen molar-refractivity contribution in [1.29, 1.82) is 0 Å². The van der Waals surface area contributed by atoms with Crippen molar-refractivity contribution in [3.8, 4) is 0 Å². The molecule has 1 unspecified atom stereocenters. The normalized spacial score (nSPS) is 12.5. The molecule has 1 rings (SSSR count). The average molecular weight is 164 g/mol. The summed E-state index contributed by atoms with van der Waals surface area (Å²) in [4.78, 5) is 11.5. The molecular formula is C10H12O2. The third-order valence-corrected chi connectivity index (χ3v) is 1.90. The summed E-state index contributed by atoms with van der Waals surface area (Å²) in [7, 11) is 0. The van der Waals surface area contributed by atoms with Crippen LogP contribution < -0.4 is 0 Å². The van der Waals surface area contributed by atoms with Crippen molar-refractivity contribution in [1.82, 2.24) is 0 Å². The van der Waals surface area contributed by atoms with E-state index in [1.165, 1.54) is 6.26 Å². The predicted octanol–water partition coefficient (Wildman–Crippen LogP) is 2.67. The van der Waals surface area contributed by atoms with Gasteiger partial charge in [0.05, 0.1) is 6.26 Å². The second-order valence-electron chi connectivity index (χ2n) is 2.91. The number of rotatable bonds is 3. The van der Waals surface area contributed by atoms with Crippen LogP contribution in [-0.4, -0.2) is 5.78 Å². The van der Waals surface area contributed by atoms with E-state index in [0.29, 0.717) is 5.76 Å². The number of ketones is 1. The molecule has 0 aliphatic carbocycles. The summed E-state index contributed by atoms with van der Waals surface area (Å²) in [5.41, 5.74) is 0.858. The van der Waals surface area contributed by atoms with Crippen molar-refractivity contribution < 1.29 is 9.21 Å². The zero-order valence-electron chi connectivity index (χ0n) is 7.33. The number of allylic oxidation sites excluding steroid dienone is 1. The number of carbonyl (C=O) groups is 1. The van der Waals surface area contributed by atoms with Gasteiger partial charge in [-0.2, -0.15) is 0 Å². The van der Waals surface area contributed by atoms with Crippen LogP contribution in [-0.2, 0) is 0 Å². The van der Waals surface area contributed by atoms with Gasteiger partial charge in [0.15, 0.2) is 5.76 Å². The van der Waals surface area contributed by atoms with Gasteiger partial charge in [0, 0.05) is 5.92 Å². The number of hydrogen-bond acceptors (Lipinski definition) is 2. The van der Waals surface area contributed by atoms with Crippen LogP contribution in [0.4, 0.5) is 0 Å². The third kappa shape index (κ3) is 1.64. The molecule has 0 aliphatic rings. The lowest BCUT2D eigenvalue weighted by molar-refractivity contribution is 0.0920. The van der Waals surface area contributed by atoms with E-state index in [9.17, 15) is 4.79 Å². The molecule has 2 nitrogen and oxygen atoms in total. The Kier molecular flexibility index (Phi) is 2.48. The summed E-state index contributed by atoms with van der Waals surface area (Å²) in [5.74, 6) is 0.245. The molecule has 0 aromatic carbocycles. The van der Waals surface area contributed by atoms with E-state index < -0.39 is 0 Å². The minimum atomic E-state index is -0.156. The van der Waals surface area contributed by atoms with Crippen LogP contribution >= 0.6 is 0 Å². The molecule has 1 heterocycles. The Bertz CT molecular complexity index is 283. The highest BCUT2D eigenvalue weighted by atomic mass is 16.3. The van der Waals surface area contributed by atoms with Crippen LogP contribution in [0.2, 0.25) is 0 Å². The monoisotopic (exact) mass is 164 g/mol. The largest absolute Gasteiger partial charge is 0.461 e. The minimum Gasteiger partial charge on any atom is -0.461 e. The highest BCUT2D eigenvalue weighted by Crippen LogP contribution is 2.14. The Labute approximate surface area is 71.9 Å². The maximum atomic E-state index is 11.5. The first-order valence-corrected chi connectivity index (χ1v) is 3.86. The summed E-state index contributed by atoms with van der Waals surface area (Å²) < 4.78 is 4.98. The fourth-order valence-electron chi connectivity index (χ4n) is 0.856. The zero-order valence-corrected chi connectivity index (χ0v) is 7.33. The van der Waals surface area contributed by atoms with Crippen LogP contribution in [0.5, 0.6) is 0 Å². The van der Waals surface area contributed by atoms with E-state index in [0.717, 1.165) is 5.57 Å². The topological polar surface area (TPSA) is 30.2 Å². The molecule has 12 heavy (non-hydrogen) atoms. The molecule has 0 N–H and O–H groups in total. The second-order valence-corrected chi connectivity index (χ2v) is 2.91. The van der Waals surface area contributed by atoms with Crippen molar-refractivity contribution in [2.45, 2.75) is 13.8 Å². The molecule has 0 aliphatic heterocycles. The highest BCUT2D eigenvalue weighted by Gasteiger charge is 2.17. The smallest absolute Gasteiger partial charge is 0.204 e. The van der Waals surface area contributed by atoms with Crippen molar-refractivity contribution in [2.24, 2.45) is 5.92 Å². The zero-order chi connectivity index (χ0) is 9.14. The maximum absolute atomic E-state index is 11.5. The molecule has 1 atom stereocenters. The standard InChI is InChI=1S/C10H12O2/c1-7(2)8(3)10(11)9-5-4-6-12-9/h4-6,8H,1H2,2-3H3. The van der Waals surface area contributed by atoms with Crippen LogP contribution in [0.1, 0.15) is 24.4 Å². The summed E-state index contributed by atoms with van der Waals surface area (Å²) in [6.45, 7) is 7.39. The average Bonchev–Trinajstić information content (AvgIpc) is 2.53. The van der Waals surface area contributed by atoms with Crippen LogP contribution in [0.25, 0.3) is 0 Å². The lowest BCUT2D eigenvalue weighted by Gasteiger charge is -2.06. The SMILES string of the molecule is C=C(C)C(C)C(=O)c1ccco1. The van der Waals surface area contributed by atoms with E-state index in [2.05, 4.69) is 6.58 Å². The van der Waals surface area contributed by atoms with Gasteiger partial charge in [0.25, 0.3) is 0 Å². The molecule has 0 spiro atoms. The summed E-state index contributed by atoms with van der Waals surface area (Å²) in [6.07, 6.45) is 1.50. The van der Waals surface area contributed by atoms with Gasteiger partial charge in [-0.1, -0.05) is 19.1 Å². The van der Waals surface area contributed by atoms with Crippen molar-refractivity contribution in [3.05, 3.63) is 36.3 Å². The van der Waals surface area contributed by atoms with Gasteiger partial charge in [-0.15, -0.1) is 0 Å². The van der Waals surface area contributed by atoms with E-state index in [4.69, 9.17) is 4.42 Å². The Balaban J connectivity index is 2.79. The van der Waals surface area contributed by atoms with Gasteiger partial charge in [-0.05, 0) is 19.1 Å². The molecule has 0 saturated heterocycles. The minimum absolute atomic E-state index is 0.00694. The molecule has 0 amide bonds. The van der Waals surface area contributed by atoms with E-state index in [1.54, 1.807) is 12.1 Å². The fraction of sp³-hybridized carbons (Fsp3) is 0.300. The molecule has 1 aromatic heterocycles. The van der Waals surface area contributed by atoms with Gasteiger partial charge in [0.1, 0.15) is 0 Å². The Morgan fingerprint density at radius 1 is 1.67 bits per heavy atom. The van der Waals surface area contributed by atoms with E-state index in [1.807, 2.05) is 13.8 Å². The van der Waals surface area contributed by atoms with Crippen LogP contribution in [0, 0.1) is 5.92 Å². The molecule has 1 aromatic rings. The molecule has 0 saturated carbocycles. The number of carbonyl (C=O) groups excluding carboxylic acids is 1. The van der Waals surface area contributed by atoms with Crippen molar-refractivity contribution in [2.75, 3.05) is 0 Å². The molecule has 0 radical (unpaired) electrons. The highest BCUT2D eigenvalue weighted by molar-refractivity contribution is 5.96. The molecular weight excluding hydrogens is 152 g/mol. The first-order valence-electron chi connectivity index (χ1n) is 3.86. The molecule has 64 valence electrons. The Hall–Kier alpha value is -1.31. The van der Waals surface area contributed by atoms with Gasteiger partial charge in [-0.3, -0.25) is 4.79 Å². The number of hydrogen-bond donors (Lipinski definition) is 0. The number of Topliss-reactive ketones (excluding diaryl/α,β-unsaturated/α-hetero) is 1. The summed E-state index contributed by atoms with van der Waals surface area (Å²) in [6, 6.07) is 3.38. The van der Waals surface area contributed by atoms with Gasteiger partial charge in [0.2, 0.25) is 5.78 Å². The van der Waals surface area contributed by atoms with Gasteiger partial charge < -0.3 is 4.42 Å². The predicted molar refractivity (Wildman–Crippen MR) is 47.0 cm³/mol. The van der Waals surface area contributed by atoms with Crippen LogP contribution in [0.3, 0.4) is 0 Å². The van der Waals surface area contributed by atoms with E-state index >= 15 is 0 Å². The molecule has 0 fully saturated rings. The van der Waals surface area contributed by atoms with Gasteiger partial charge in [-0.25, -0.2) is 0 Å². The van der Waals surface area contributed by atoms with Crippen molar-refractivity contribution >= 4 is 5.78 Å².